The molecule has 5 aromatic carbocycles. The number of carbonyl (C=O) groups is 1. The van der Waals surface area contributed by atoms with Crippen molar-refractivity contribution in [3.8, 4) is 6.07 Å². The molecule has 0 N–H and O–H groups in total. The highest BCUT2D eigenvalue weighted by atomic mass is 32.2. The highest BCUT2D eigenvalue weighted by molar-refractivity contribution is 7.91. The molecule has 0 aliphatic heterocycles. The first-order valence-electron chi connectivity index (χ1n) is 16.6. The second-order valence-electron chi connectivity index (χ2n) is 12.5. The van der Waals surface area contributed by atoms with Crippen LogP contribution in [0.5, 0.6) is 0 Å². The van der Waals surface area contributed by atoms with Crippen LogP contribution < -0.4 is 0 Å². The number of sulfone groups is 1. The van der Waals surface area contributed by atoms with Crippen LogP contribution >= 0.6 is 0 Å². The van der Waals surface area contributed by atoms with Gasteiger partial charge in [0.2, 0.25) is 9.84 Å². The fourth-order valence-electron chi connectivity index (χ4n) is 4.82. The molecule has 0 unspecified atom stereocenters. The summed E-state index contributed by atoms with van der Waals surface area (Å²) in [4.78, 5) is 16.9. The summed E-state index contributed by atoms with van der Waals surface area (Å²) in [5.74, 6) is 0.0833. The van der Waals surface area contributed by atoms with E-state index >= 15 is 0 Å². The zero-order chi connectivity index (χ0) is 37.6. The van der Waals surface area contributed by atoms with Crippen LogP contribution in [-0.2, 0) is 9.84 Å². The van der Waals surface area contributed by atoms with Crippen molar-refractivity contribution < 1.29 is 13.2 Å². The Hall–Kier alpha value is -5.64. The Morgan fingerprint density at radius 2 is 0.764 bits per heavy atom. The van der Waals surface area contributed by atoms with Crippen molar-refractivity contribution in [1.82, 2.24) is 4.98 Å². The van der Waals surface area contributed by atoms with Gasteiger partial charge in [0.1, 0.15) is 0 Å². The molecule has 0 bridgehead atoms. The minimum absolute atomic E-state index is 0. The van der Waals surface area contributed by atoms with E-state index in [1.165, 1.54) is 11.1 Å². The van der Waals surface area contributed by atoms with Gasteiger partial charge in [-0.3, -0.25) is 9.78 Å². The molecule has 0 radical (unpaired) electrons. The van der Waals surface area contributed by atoms with Gasteiger partial charge in [-0.2, -0.15) is 5.26 Å². The Labute approximate surface area is 333 Å². The Morgan fingerprint density at radius 1 is 0.473 bits per heavy atom. The summed E-state index contributed by atoms with van der Waals surface area (Å²) in [7, 11) is -3.37. The first-order valence-corrected chi connectivity index (χ1v) is 18.1. The molecular weight excluding hydrogens is 697 g/mol. The normalized spacial score (nSPS) is 9.44. The van der Waals surface area contributed by atoms with Crippen molar-refractivity contribution in [3.63, 3.8) is 0 Å². The lowest BCUT2D eigenvalue weighted by Crippen LogP contribution is -2.01. The minimum Gasteiger partial charge on any atom is -0.289 e. The number of hydrogen-bond acceptors (Lipinski definition) is 5. The summed E-state index contributed by atoms with van der Waals surface area (Å²) in [6.45, 7) is 15.8. The van der Waals surface area contributed by atoms with E-state index in [1.807, 2.05) is 140 Å². The maximum Gasteiger partial charge on any atom is 0.206 e. The number of hydrogen-bond donors (Lipinski definition) is 0. The molecular formula is C49H62N2O3S. The molecule has 1 heterocycles. The number of pyridine rings is 1. The smallest absolute Gasteiger partial charge is 0.206 e. The second-order valence-corrected chi connectivity index (χ2v) is 14.4. The molecule has 5 nitrogen and oxygen atoms in total. The fraction of sp³-hybridized carbons (Fsp3) is 0.245. The van der Waals surface area contributed by atoms with E-state index in [9.17, 15) is 13.2 Å². The SMILES string of the molecule is C.C.C.C.Cc1ccc(C(=O)c2ccc(C)cc2)cc1.Cc1ccc(S(=O)(=O)c2ccc(C)cc2)cc1.Cc1cccc(C)c1C#N.Cc1cccc(C)n1. The average Bonchev–Trinajstić information content (AvgIpc) is 3.10. The van der Waals surface area contributed by atoms with Crippen molar-refractivity contribution in [2.45, 2.75) is 94.9 Å². The van der Waals surface area contributed by atoms with Crippen LogP contribution in [0.4, 0.5) is 0 Å². The number of rotatable bonds is 4. The lowest BCUT2D eigenvalue weighted by Gasteiger charge is -2.05. The van der Waals surface area contributed by atoms with E-state index in [0.29, 0.717) is 9.79 Å². The van der Waals surface area contributed by atoms with Gasteiger partial charge in [0.25, 0.3) is 0 Å². The molecule has 0 spiro atoms. The molecule has 6 rings (SSSR count). The number of aromatic nitrogens is 1. The zero-order valence-corrected chi connectivity index (χ0v) is 31.5. The Balaban J connectivity index is 0. The van der Waals surface area contributed by atoms with Gasteiger partial charge in [-0.05, 0) is 103 Å². The van der Waals surface area contributed by atoms with Crippen molar-refractivity contribution in [2.75, 3.05) is 0 Å². The van der Waals surface area contributed by atoms with Crippen molar-refractivity contribution in [1.29, 1.82) is 5.26 Å². The maximum atomic E-state index is 12.3. The van der Waals surface area contributed by atoms with Crippen LogP contribution in [0.25, 0.3) is 0 Å². The maximum absolute atomic E-state index is 12.3. The van der Waals surface area contributed by atoms with Gasteiger partial charge >= 0.3 is 0 Å². The Morgan fingerprint density at radius 3 is 1.02 bits per heavy atom. The van der Waals surface area contributed by atoms with E-state index in [2.05, 4.69) is 11.1 Å². The third kappa shape index (κ3) is 16.1. The van der Waals surface area contributed by atoms with E-state index in [-0.39, 0.29) is 35.5 Å². The van der Waals surface area contributed by atoms with Crippen LogP contribution in [0.2, 0.25) is 0 Å². The highest BCUT2D eigenvalue weighted by Gasteiger charge is 2.16. The molecule has 55 heavy (non-hydrogen) atoms. The van der Waals surface area contributed by atoms with Crippen LogP contribution in [0.1, 0.15) is 96.0 Å². The summed E-state index contributed by atoms with van der Waals surface area (Å²) in [5, 5.41) is 8.65. The topological polar surface area (TPSA) is 87.9 Å². The van der Waals surface area contributed by atoms with Gasteiger partial charge in [0, 0.05) is 22.5 Å². The van der Waals surface area contributed by atoms with E-state index < -0.39 is 9.84 Å². The molecule has 1 aromatic heterocycles. The molecule has 6 heteroatoms. The lowest BCUT2D eigenvalue weighted by atomic mass is 10.0. The molecule has 0 saturated heterocycles. The molecule has 0 aliphatic rings. The Bertz CT molecular complexity index is 2040. The number of aryl methyl sites for hydroxylation is 8. The van der Waals surface area contributed by atoms with Gasteiger partial charge in [0.05, 0.1) is 21.4 Å². The number of nitriles is 1. The monoisotopic (exact) mass is 758 g/mol. The van der Waals surface area contributed by atoms with E-state index in [1.54, 1.807) is 48.5 Å². The van der Waals surface area contributed by atoms with E-state index in [4.69, 9.17) is 5.26 Å². The molecule has 6 aromatic rings. The van der Waals surface area contributed by atoms with Crippen molar-refractivity contribution in [2.24, 2.45) is 0 Å². The third-order valence-corrected chi connectivity index (χ3v) is 9.70. The number of ketones is 1. The molecule has 0 fully saturated rings. The zero-order valence-electron chi connectivity index (χ0n) is 30.7. The number of nitrogens with zero attached hydrogens (tertiary/aromatic N) is 2. The van der Waals surface area contributed by atoms with Crippen molar-refractivity contribution >= 4 is 15.6 Å². The van der Waals surface area contributed by atoms with Crippen LogP contribution in [0, 0.1) is 66.7 Å². The van der Waals surface area contributed by atoms with Crippen LogP contribution in [-0.4, -0.2) is 19.2 Å². The summed E-state index contributed by atoms with van der Waals surface area (Å²) in [6.07, 6.45) is 0. The molecule has 0 aliphatic carbocycles. The lowest BCUT2D eigenvalue weighted by molar-refractivity contribution is 0.103. The first-order chi connectivity index (χ1) is 24.2. The summed E-state index contributed by atoms with van der Waals surface area (Å²) in [5.41, 5.74) is 11.0. The highest BCUT2D eigenvalue weighted by Crippen LogP contribution is 2.21. The van der Waals surface area contributed by atoms with Crippen LogP contribution in [0.15, 0.2) is 143 Å². The quantitative estimate of drug-likeness (QED) is 0.167. The van der Waals surface area contributed by atoms with E-state index in [0.717, 1.165) is 50.3 Å². The van der Waals surface area contributed by atoms with Crippen LogP contribution in [0.3, 0.4) is 0 Å². The third-order valence-electron chi connectivity index (χ3n) is 7.91. The van der Waals surface area contributed by atoms with Gasteiger partial charge in [-0.15, -0.1) is 0 Å². The number of carbonyl (C=O) groups excluding carboxylic acids is 1. The van der Waals surface area contributed by atoms with Gasteiger partial charge in [-0.25, -0.2) is 8.42 Å². The average molecular weight is 759 g/mol. The number of benzene rings is 5. The summed E-state index contributed by atoms with van der Waals surface area (Å²) < 4.78 is 24.5. The Kier molecular flexibility index (Phi) is 23.0. The molecule has 0 atom stereocenters. The first kappa shape index (κ1) is 51.5. The molecule has 0 amide bonds. The second kappa shape index (κ2) is 24.6. The van der Waals surface area contributed by atoms with Gasteiger partial charge in [-0.1, -0.05) is 149 Å². The van der Waals surface area contributed by atoms with Crippen molar-refractivity contribution in [3.05, 3.63) is 195 Å². The predicted octanol–water partition coefficient (Wildman–Crippen LogP) is 13.1. The van der Waals surface area contributed by atoms with Gasteiger partial charge < -0.3 is 0 Å². The largest absolute Gasteiger partial charge is 0.289 e. The minimum atomic E-state index is -3.37. The molecule has 0 saturated carbocycles. The summed E-state index contributed by atoms with van der Waals surface area (Å²) in [6, 6.07) is 43.2. The standard InChI is InChI=1S/C15H14O.C14H14O2S.C9H9N.C7H9N.4CH4/c1-11-3-7-13(8-4-11)15(16)14-9-5-12(2)6-10-14;1-11-3-7-13(8-4-11)17(15,16)14-9-5-12(2)6-10-14;1-7-4-3-5-8(2)9(7)6-10;1-6-4-3-5-7(2)8-6;;;;/h3-10H,1-2H3;3-10H,1-2H3;3-5H,1-2H3;3-5H,1-2H3;4*1H4. The summed E-state index contributed by atoms with van der Waals surface area (Å²) >= 11 is 0. The fourth-order valence-corrected chi connectivity index (χ4v) is 6.08. The predicted molar refractivity (Wildman–Crippen MR) is 235 cm³/mol. The van der Waals surface area contributed by atoms with Gasteiger partial charge in [0.15, 0.2) is 5.78 Å². The molecule has 292 valence electrons.